The first kappa shape index (κ1) is 23.1. The number of alkyl halides is 3. The summed E-state index contributed by atoms with van der Waals surface area (Å²) >= 11 is 1.44. The van der Waals surface area contributed by atoms with Crippen LogP contribution in [0, 0.1) is 0 Å². The molecule has 10 heteroatoms. The highest BCUT2D eigenvalue weighted by Gasteiger charge is 2.30. The van der Waals surface area contributed by atoms with E-state index in [1.54, 1.807) is 6.07 Å². The molecule has 0 radical (unpaired) electrons. The molecule has 0 atom stereocenters. The van der Waals surface area contributed by atoms with Gasteiger partial charge in [0.05, 0.1) is 17.6 Å². The molecule has 0 aliphatic rings. The van der Waals surface area contributed by atoms with Crippen LogP contribution in [0.15, 0.2) is 64.2 Å². The average molecular weight is 470 g/mol. The Morgan fingerprint density at radius 2 is 1.87 bits per heavy atom. The van der Waals surface area contributed by atoms with Crippen LogP contribution in [0.3, 0.4) is 0 Å². The van der Waals surface area contributed by atoms with E-state index in [1.807, 2.05) is 21.7 Å². The van der Waals surface area contributed by atoms with E-state index in [9.17, 15) is 26.4 Å². The molecule has 1 aromatic heterocycles. The standard InChI is InChI=1S/C21H18F3NO4S2/c1-29-25-31(27,28)19-5-6-20(15-7-8-30-13-15)16(12-19)11-18(26)10-14-3-2-4-17(9-14)21(22,23)24/h2-9,12-13,25H,10-11H2,1H3. The highest BCUT2D eigenvalue weighted by Crippen LogP contribution is 2.31. The summed E-state index contributed by atoms with van der Waals surface area (Å²) in [6.07, 6.45) is -4.85. The van der Waals surface area contributed by atoms with Crippen LogP contribution in [0.2, 0.25) is 0 Å². The quantitative estimate of drug-likeness (QED) is 0.489. The molecule has 0 saturated heterocycles. The van der Waals surface area contributed by atoms with Gasteiger partial charge in [0.1, 0.15) is 5.78 Å². The van der Waals surface area contributed by atoms with Crippen LogP contribution in [-0.2, 0) is 38.7 Å². The SMILES string of the molecule is CONS(=O)(=O)c1ccc(-c2ccsc2)c(CC(=O)Cc2cccc(C(F)(F)F)c2)c1. The highest BCUT2D eigenvalue weighted by molar-refractivity contribution is 7.89. The first-order valence-corrected chi connectivity index (χ1v) is 11.4. The number of sulfonamides is 1. The van der Waals surface area contributed by atoms with Gasteiger partial charge in [-0.05, 0) is 57.3 Å². The summed E-state index contributed by atoms with van der Waals surface area (Å²) in [7, 11) is -2.78. The van der Waals surface area contributed by atoms with Gasteiger partial charge in [-0.15, -0.1) is 0 Å². The molecule has 0 aliphatic heterocycles. The molecule has 1 N–H and O–H groups in total. The lowest BCUT2D eigenvalue weighted by Gasteiger charge is -2.12. The third-order valence-electron chi connectivity index (χ3n) is 4.46. The molecule has 1 heterocycles. The zero-order valence-corrected chi connectivity index (χ0v) is 17.9. The Morgan fingerprint density at radius 1 is 1.10 bits per heavy atom. The maximum absolute atomic E-state index is 12.9. The zero-order valence-electron chi connectivity index (χ0n) is 16.3. The number of carbonyl (C=O) groups excluding carboxylic acids is 1. The normalized spacial score (nSPS) is 12.1. The minimum atomic E-state index is -4.50. The molecule has 2 aromatic carbocycles. The Labute approximate surface area is 181 Å². The molecule has 31 heavy (non-hydrogen) atoms. The molecule has 3 rings (SSSR count). The number of nitrogens with one attached hydrogen (secondary N) is 1. The fraction of sp³-hybridized carbons (Fsp3) is 0.190. The van der Waals surface area contributed by atoms with E-state index < -0.39 is 21.8 Å². The van der Waals surface area contributed by atoms with Crippen molar-refractivity contribution in [2.75, 3.05) is 7.11 Å². The number of thiophene rings is 1. The zero-order chi connectivity index (χ0) is 22.6. The van der Waals surface area contributed by atoms with Crippen LogP contribution in [0.5, 0.6) is 0 Å². The van der Waals surface area contributed by atoms with Gasteiger partial charge in [-0.25, -0.2) is 8.42 Å². The summed E-state index contributed by atoms with van der Waals surface area (Å²) in [6, 6.07) is 10.8. The van der Waals surface area contributed by atoms with Crippen molar-refractivity contribution in [3.63, 3.8) is 0 Å². The fourth-order valence-electron chi connectivity index (χ4n) is 3.10. The molecule has 0 saturated carbocycles. The van der Waals surface area contributed by atoms with E-state index in [4.69, 9.17) is 0 Å². The molecule has 0 bridgehead atoms. The minimum absolute atomic E-state index is 0.0878. The van der Waals surface area contributed by atoms with Crippen molar-refractivity contribution in [2.24, 2.45) is 0 Å². The largest absolute Gasteiger partial charge is 0.416 e. The number of carbonyl (C=O) groups is 1. The predicted molar refractivity (Wildman–Crippen MR) is 111 cm³/mol. The Balaban J connectivity index is 1.91. The van der Waals surface area contributed by atoms with E-state index in [1.165, 1.54) is 35.6 Å². The minimum Gasteiger partial charge on any atom is -0.299 e. The first-order valence-electron chi connectivity index (χ1n) is 8.98. The second-order valence-corrected chi connectivity index (χ2v) is 9.14. The van der Waals surface area contributed by atoms with Crippen LogP contribution >= 0.6 is 11.3 Å². The lowest BCUT2D eigenvalue weighted by Crippen LogP contribution is -2.22. The van der Waals surface area contributed by atoms with Crippen LogP contribution in [0.25, 0.3) is 11.1 Å². The number of hydrogen-bond acceptors (Lipinski definition) is 5. The smallest absolute Gasteiger partial charge is 0.299 e. The van der Waals surface area contributed by atoms with Crippen molar-refractivity contribution >= 4 is 27.1 Å². The number of halogens is 3. The molecule has 0 unspecified atom stereocenters. The number of rotatable bonds is 8. The summed E-state index contributed by atoms with van der Waals surface area (Å²) in [5.74, 6) is -0.343. The van der Waals surface area contributed by atoms with Gasteiger partial charge in [-0.3, -0.25) is 9.63 Å². The van der Waals surface area contributed by atoms with Gasteiger partial charge in [0, 0.05) is 12.8 Å². The van der Waals surface area contributed by atoms with Crippen molar-refractivity contribution < 1.29 is 31.2 Å². The van der Waals surface area contributed by atoms with Crippen LogP contribution in [0.4, 0.5) is 13.2 Å². The van der Waals surface area contributed by atoms with E-state index in [-0.39, 0.29) is 29.1 Å². The fourth-order valence-corrected chi connectivity index (χ4v) is 4.62. The van der Waals surface area contributed by atoms with Gasteiger partial charge in [0.25, 0.3) is 10.0 Å². The lowest BCUT2D eigenvalue weighted by atomic mass is 9.95. The Hall–Kier alpha value is -2.53. The molecule has 5 nitrogen and oxygen atoms in total. The first-order chi connectivity index (χ1) is 14.6. The maximum Gasteiger partial charge on any atom is 0.416 e. The molecule has 3 aromatic rings. The molecule has 0 amide bonds. The number of hydrogen-bond donors (Lipinski definition) is 1. The number of ketones is 1. The highest BCUT2D eigenvalue weighted by atomic mass is 32.2. The van der Waals surface area contributed by atoms with Crippen molar-refractivity contribution in [3.8, 4) is 11.1 Å². The summed E-state index contributed by atoms with van der Waals surface area (Å²) in [5.41, 5.74) is 1.36. The van der Waals surface area contributed by atoms with Crippen molar-refractivity contribution in [2.45, 2.75) is 23.9 Å². The van der Waals surface area contributed by atoms with Crippen molar-refractivity contribution in [1.82, 2.24) is 4.89 Å². The van der Waals surface area contributed by atoms with Crippen LogP contribution < -0.4 is 4.89 Å². The van der Waals surface area contributed by atoms with Gasteiger partial charge in [0.15, 0.2) is 0 Å². The predicted octanol–water partition coefficient (Wildman–Crippen LogP) is 4.63. The summed E-state index contributed by atoms with van der Waals surface area (Å²) in [5, 5.41) is 3.71. The van der Waals surface area contributed by atoms with Gasteiger partial charge < -0.3 is 0 Å². The molecular formula is C21H18F3NO4S2. The Kier molecular flexibility index (Phi) is 6.95. The van der Waals surface area contributed by atoms with E-state index in [0.717, 1.165) is 24.8 Å². The third kappa shape index (κ3) is 5.79. The molecule has 0 aliphatic carbocycles. The molecule has 0 fully saturated rings. The summed E-state index contributed by atoms with van der Waals surface area (Å²) in [4.78, 5) is 19.0. The summed E-state index contributed by atoms with van der Waals surface area (Å²) < 4.78 is 63.3. The number of Topliss-reactive ketones (excluding diaryl/α,β-unsaturated/α-hetero) is 1. The monoisotopic (exact) mass is 469 g/mol. The Bertz CT molecular complexity index is 1170. The lowest BCUT2D eigenvalue weighted by molar-refractivity contribution is -0.137. The van der Waals surface area contributed by atoms with E-state index >= 15 is 0 Å². The molecule has 164 valence electrons. The molecule has 0 spiro atoms. The second kappa shape index (κ2) is 9.31. The topological polar surface area (TPSA) is 72.5 Å². The number of benzene rings is 2. The van der Waals surface area contributed by atoms with Crippen molar-refractivity contribution in [1.29, 1.82) is 0 Å². The second-order valence-electron chi connectivity index (χ2n) is 6.71. The maximum atomic E-state index is 12.9. The van der Waals surface area contributed by atoms with Gasteiger partial charge in [-0.2, -0.15) is 24.5 Å². The van der Waals surface area contributed by atoms with Crippen LogP contribution in [0.1, 0.15) is 16.7 Å². The van der Waals surface area contributed by atoms with E-state index in [0.29, 0.717) is 11.1 Å². The average Bonchev–Trinajstić information content (AvgIpc) is 3.22. The Morgan fingerprint density at radius 3 is 2.52 bits per heavy atom. The van der Waals surface area contributed by atoms with Crippen LogP contribution in [-0.4, -0.2) is 21.3 Å². The van der Waals surface area contributed by atoms with Gasteiger partial charge in [-0.1, -0.05) is 29.2 Å². The summed E-state index contributed by atoms with van der Waals surface area (Å²) in [6.45, 7) is 0. The van der Waals surface area contributed by atoms with Crippen molar-refractivity contribution in [3.05, 3.63) is 76.0 Å². The molecular weight excluding hydrogens is 451 g/mol. The third-order valence-corrected chi connectivity index (χ3v) is 6.40. The van der Waals surface area contributed by atoms with Gasteiger partial charge in [0.2, 0.25) is 0 Å². The van der Waals surface area contributed by atoms with E-state index in [2.05, 4.69) is 4.84 Å². The van der Waals surface area contributed by atoms with Gasteiger partial charge >= 0.3 is 6.18 Å².